The van der Waals surface area contributed by atoms with Crippen LogP contribution in [0.2, 0.25) is 0 Å². The quantitative estimate of drug-likeness (QED) is 0.801. The molecule has 0 spiro atoms. The number of carbonyl (C=O) groups is 1. The SMILES string of the molecule is CCCNS(=O)(=O)c1cc(C(=O)N(C)c2ccc(F)cc2)ccc1OC. The topological polar surface area (TPSA) is 75.7 Å². The Bertz CT molecular complexity index is 883. The van der Waals surface area contributed by atoms with E-state index in [2.05, 4.69) is 4.72 Å². The third-order valence-corrected chi connectivity index (χ3v) is 5.24. The lowest BCUT2D eigenvalue weighted by atomic mass is 10.1. The van der Waals surface area contributed by atoms with Crippen LogP contribution in [0, 0.1) is 5.82 Å². The fourth-order valence-corrected chi connectivity index (χ4v) is 3.64. The van der Waals surface area contributed by atoms with Gasteiger partial charge in [-0.1, -0.05) is 6.92 Å². The van der Waals surface area contributed by atoms with E-state index in [0.29, 0.717) is 12.1 Å². The summed E-state index contributed by atoms with van der Waals surface area (Å²) in [5.74, 6) is -0.685. The van der Waals surface area contributed by atoms with E-state index in [4.69, 9.17) is 4.74 Å². The molecule has 6 nitrogen and oxygen atoms in total. The number of hydrogen-bond donors (Lipinski definition) is 1. The first-order valence-corrected chi connectivity index (χ1v) is 9.49. The summed E-state index contributed by atoms with van der Waals surface area (Å²) in [6, 6.07) is 9.63. The van der Waals surface area contributed by atoms with Crippen LogP contribution in [0.1, 0.15) is 23.7 Å². The molecule has 0 fully saturated rings. The number of sulfonamides is 1. The maximum atomic E-state index is 13.1. The van der Waals surface area contributed by atoms with E-state index in [0.717, 1.165) is 0 Å². The molecule has 2 aromatic rings. The maximum Gasteiger partial charge on any atom is 0.258 e. The smallest absolute Gasteiger partial charge is 0.258 e. The van der Waals surface area contributed by atoms with Crippen LogP contribution in [-0.4, -0.2) is 35.0 Å². The van der Waals surface area contributed by atoms with Crippen molar-refractivity contribution in [2.24, 2.45) is 0 Å². The van der Waals surface area contributed by atoms with Crippen molar-refractivity contribution >= 4 is 21.6 Å². The summed E-state index contributed by atoms with van der Waals surface area (Å²) in [5, 5.41) is 0. The van der Waals surface area contributed by atoms with Gasteiger partial charge in [0.2, 0.25) is 10.0 Å². The Morgan fingerprint density at radius 1 is 1.19 bits per heavy atom. The standard InChI is InChI=1S/C18H21FN2O4S/c1-4-11-20-26(23,24)17-12-13(5-10-16(17)25-3)18(22)21(2)15-8-6-14(19)7-9-15/h5-10,12,20H,4,11H2,1-3H3. The van der Waals surface area contributed by atoms with Crippen LogP contribution < -0.4 is 14.4 Å². The molecular formula is C18H21FN2O4S. The van der Waals surface area contributed by atoms with Gasteiger partial charge in [-0.3, -0.25) is 4.79 Å². The van der Waals surface area contributed by atoms with Gasteiger partial charge in [0, 0.05) is 24.8 Å². The molecule has 0 heterocycles. The minimum Gasteiger partial charge on any atom is -0.495 e. The molecule has 0 bridgehead atoms. The van der Waals surface area contributed by atoms with Gasteiger partial charge in [0.05, 0.1) is 7.11 Å². The second-order valence-corrected chi connectivity index (χ2v) is 7.34. The molecule has 1 amide bonds. The Kier molecular flexibility index (Phi) is 6.33. The molecule has 26 heavy (non-hydrogen) atoms. The number of hydrogen-bond acceptors (Lipinski definition) is 4. The highest BCUT2D eigenvalue weighted by molar-refractivity contribution is 7.89. The van der Waals surface area contributed by atoms with Crippen molar-refractivity contribution in [3.8, 4) is 5.75 Å². The number of amides is 1. The van der Waals surface area contributed by atoms with E-state index in [1.807, 2.05) is 6.92 Å². The summed E-state index contributed by atoms with van der Waals surface area (Å²) in [6.45, 7) is 2.12. The summed E-state index contributed by atoms with van der Waals surface area (Å²) < 4.78 is 45.6. The molecule has 0 unspecified atom stereocenters. The number of halogens is 1. The van der Waals surface area contributed by atoms with E-state index in [-0.39, 0.29) is 22.8 Å². The second-order valence-electron chi connectivity index (χ2n) is 5.60. The van der Waals surface area contributed by atoms with Crippen molar-refractivity contribution in [1.82, 2.24) is 4.72 Å². The zero-order chi connectivity index (χ0) is 19.3. The summed E-state index contributed by atoms with van der Waals surface area (Å²) >= 11 is 0. The van der Waals surface area contributed by atoms with E-state index in [1.165, 1.54) is 61.5 Å². The van der Waals surface area contributed by atoms with Crippen LogP contribution in [-0.2, 0) is 10.0 Å². The lowest BCUT2D eigenvalue weighted by Crippen LogP contribution is -2.28. The average molecular weight is 380 g/mol. The monoisotopic (exact) mass is 380 g/mol. The molecule has 1 N–H and O–H groups in total. The van der Waals surface area contributed by atoms with Crippen molar-refractivity contribution in [2.75, 3.05) is 25.6 Å². The second kappa shape index (κ2) is 8.29. The minimum atomic E-state index is -3.81. The van der Waals surface area contributed by atoms with E-state index in [1.54, 1.807) is 0 Å². The number of rotatable bonds is 7. The molecular weight excluding hydrogens is 359 g/mol. The van der Waals surface area contributed by atoms with Crippen molar-refractivity contribution in [2.45, 2.75) is 18.2 Å². The van der Waals surface area contributed by atoms with Crippen LogP contribution in [0.15, 0.2) is 47.4 Å². The molecule has 140 valence electrons. The number of methoxy groups -OCH3 is 1. The first kappa shape index (κ1) is 19.9. The van der Waals surface area contributed by atoms with Gasteiger partial charge in [-0.15, -0.1) is 0 Å². The highest BCUT2D eigenvalue weighted by atomic mass is 32.2. The molecule has 8 heteroatoms. The summed E-state index contributed by atoms with van der Waals surface area (Å²) in [5.41, 5.74) is 0.662. The van der Waals surface area contributed by atoms with Gasteiger partial charge in [-0.25, -0.2) is 17.5 Å². The number of nitrogens with zero attached hydrogens (tertiary/aromatic N) is 1. The van der Waals surface area contributed by atoms with Crippen molar-refractivity contribution in [1.29, 1.82) is 0 Å². The Morgan fingerprint density at radius 3 is 2.42 bits per heavy atom. The molecule has 0 aromatic heterocycles. The summed E-state index contributed by atoms with van der Waals surface area (Å²) in [7, 11) is -0.920. The molecule has 0 radical (unpaired) electrons. The minimum absolute atomic E-state index is 0.105. The van der Waals surface area contributed by atoms with Gasteiger partial charge < -0.3 is 9.64 Å². The fraction of sp³-hybridized carbons (Fsp3) is 0.278. The van der Waals surface area contributed by atoms with Crippen molar-refractivity contribution in [3.05, 3.63) is 53.8 Å². The first-order chi connectivity index (χ1) is 12.3. The van der Waals surface area contributed by atoms with Crippen LogP contribution in [0.3, 0.4) is 0 Å². The van der Waals surface area contributed by atoms with Gasteiger partial charge >= 0.3 is 0 Å². The third kappa shape index (κ3) is 4.39. The normalized spacial score (nSPS) is 11.2. The molecule has 0 saturated carbocycles. The molecule has 0 aliphatic rings. The van der Waals surface area contributed by atoms with Crippen LogP contribution in [0.5, 0.6) is 5.75 Å². The van der Waals surface area contributed by atoms with E-state index < -0.39 is 21.7 Å². The third-order valence-electron chi connectivity index (χ3n) is 3.76. The molecule has 2 aromatic carbocycles. The molecule has 2 rings (SSSR count). The predicted molar refractivity (Wildman–Crippen MR) is 97.6 cm³/mol. The Hall–Kier alpha value is -2.45. The highest BCUT2D eigenvalue weighted by Crippen LogP contribution is 2.26. The average Bonchev–Trinajstić information content (AvgIpc) is 2.65. The Morgan fingerprint density at radius 2 is 1.85 bits per heavy atom. The largest absolute Gasteiger partial charge is 0.495 e. The molecule has 0 atom stereocenters. The van der Waals surface area contributed by atoms with Gasteiger partial charge in [0.15, 0.2) is 0 Å². The fourth-order valence-electron chi connectivity index (χ4n) is 2.31. The number of anilines is 1. The Labute approximate surface area is 152 Å². The Balaban J connectivity index is 2.39. The first-order valence-electron chi connectivity index (χ1n) is 8.01. The molecule has 0 aliphatic carbocycles. The van der Waals surface area contributed by atoms with Gasteiger partial charge in [0.1, 0.15) is 16.5 Å². The van der Waals surface area contributed by atoms with Crippen molar-refractivity contribution < 1.29 is 22.3 Å². The number of carbonyl (C=O) groups excluding carboxylic acids is 1. The lowest BCUT2D eigenvalue weighted by molar-refractivity contribution is 0.0992. The number of nitrogens with one attached hydrogen (secondary N) is 1. The number of benzene rings is 2. The number of ether oxygens (including phenoxy) is 1. The summed E-state index contributed by atoms with van der Waals surface area (Å²) in [4.78, 5) is 13.9. The van der Waals surface area contributed by atoms with Crippen LogP contribution in [0.4, 0.5) is 10.1 Å². The zero-order valence-corrected chi connectivity index (χ0v) is 15.6. The van der Waals surface area contributed by atoms with Gasteiger partial charge in [-0.2, -0.15) is 0 Å². The summed E-state index contributed by atoms with van der Waals surface area (Å²) in [6.07, 6.45) is 0.632. The molecule has 0 saturated heterocycles. The zero-order valence-electron chi connectivity index (χ0n) is 14.8. The van der Waals surface area contributed by atoms with Crippen LogP contribution in [0.25, 0.3) is 0 Å². The highest BCUT2D eigenvalue weighted by Gasteiger charge is 2.22. The van der Waals surface area contributed by atoms with Gasteiger partial charge in [-0.05, 0) is 48.9 Å². The predicted octanol–water partition coefficient (Wildman–Crippen LogP) is 2.80. The van der Waals surface area contributed by atoms with Crippen LogP contribution >= 0.6 is 0 Å². The van der Waals surface area contributed by atoms with Gasteiger partial charge in [0.25, 0.3) is 5.91 Å². The molecule has 0 aliphatic heterocycles. The van der Waals surface area contributed by atoms with E-state index >= 15 is 0 Å². The van der Waals surface area contributed by atoms with E-state index in [9.17, 15) is 17.6 Å². The maximum absolute atomic E-state index is 13.1. The lowest BCUT2D eigenvalue weighted by Gasteiger charge is -2.18. The van der Waals surface area contributed by atoms with Crippen molar-refractivity contribution in [3.63, 3.8) is 0 Å².